The van der Waals surface area contributed by atoms with Crippen LogP contribution in [-0.2, 0) is 16.0 Å². The molecule has 3 heteroatoms. The van der Waals surface area contributed by atoms with Crippen molar-refractivity contribution in [1.82, 2.24) is 0 Å². The molecule has 0 fully saturated rings. The Labute approximate surface area is 263 Å². The van der Waals surface area contributed by atoms with Gasteiger partial charge in [0.05, 0.1) is 6.10 Å². The third-order valence-corrected chi connectivity index (χ3v) is 10.2. The van der Waals surface area contributed by atoms with E-state index in [-0.39, 0.29) is 5.97 Å². The van der Waals surface area contributed by atoms with Gasteiger partial charge in [-0.15, -0.1) is 0 Å². The van der Waals surface area contributed by atoms with Crippen molar-refractivity contribution in [1.29, 1.82) is 0 Å². The second kappa shape index (κ2) is 19.3. The van der Waals surface area contributed by atoms with Gasteiger partial charge in [0.25, 0.3) is 0 Å². The van der Waals surface area contributed by atoms with Gasteiger partial charge in [0.15, 0.2) is 0 Å². The smallest absolute Gasteiger partial charge is 0.328 e. The van der Waals surface area contributed by atoms with E-state index >= 15 is 4.79 Å². The minimum Gasteiger partial charge on any atom is -0.430 e. The number of aliphatic hydroxyl groups excluding tert-OH is 1. The topological polar surface area (TPSA) is 46.5 Å². The van der Waals surface area contributed by atoms with Crippen LogP contribution in [-0.4, -0.2) is 17.2 Å². The number of aliphatic hydroxyl groups is 1. The summed E-state index contributed by atoms with van der Waals surface area (Å²) in [6.07, 6.45) is 33.5. The number of allylic oxidation sites excluding steroid dienone is 4. The maximum Gasteiger partial charge on any atom is 0.328 e. The maximum atomic E-state index is 15.1. The van der Waals surface area contributed by atoms with E-state index in [1.54, 1.807) is 0 Å². The van der Waals surface area contributed by atoms with Crippen molar-refractivity contribution in [2.45, 2.75) is 167 Å². The van der Waals surface area contributed by atoms with E-state index in [0.29, 0.717) is 6.42 Å². The number of hydrogen-bond acceptors (Lipinski definition) is 3. The van der Waals surface area contributed by atoms with Gasteiger partial charge in [-0.05, 0) is 82.3 Å². The number of carbonyl (C=O) groups excluding carboxylic acids is 1. The minimum absolute atomic E-state index is 0.217. The minimum atomic E-state index is -1.13. The number of benzene rings is 1. The molecule has 0 amide bonds. The van der Waals surface area contributed by atoms with Crippen LogP contribution in [0.5, 0.6) is 0 Å². The summed E-state index contributed by atoms with van der Waals surface area (Å²) in [5.41, 5.74) is 2.20. The molecule has 1 aromatic rings. The van der Waals surface area contributed by atoms with Gasteiger partial charge >= 0.3 is 5.97 Å². The molecule has 0 bridgehead atoms. The molecular weight excluding hydrogens is 528 g/mol. The summed E-state index contributed by atoms with van der Waals surface area (Å²) in [7, 11) is 0. The average molecular weight is 589 g/mol. The third-order valence-electron chi connectivity index (χ3n) is 10.2. The van der Waals surface area contributed by atoms with Crippen LogP contribution in [0, 0.1) is 5.41 Å². The fraction of sp³-hybridized carbons (Fsp3) is 0.675. The van der Waals surface area contributed by atoms with E-state index in [1.165, 1.54) is 77.0 Å². The van der Waals surface area contributed by atoms with Crippen molar-refractivity contribution in [3.63, 3.8) is 0 Å². The molecule has 3 aliphatic carbocycles. The molecule has 3 nitrogen and oxygen atoms in total. The number of ether oxygens (including phenoxy) is 1. The van der Waals surface area contributed by atoms with Crippen LogP contribution >= 0.6 is 0 Å². The predicted molar refractivity (Wildman–Crippen MR) is 180 cm³/mol. The highest BCUT2D eigenvalue weighted by molar-refractivity contribution is 5.86. The van der Waals surface area contributed by atoms with E-state index in [4.69, 9.17) is 4.74 Å². The third kappa shape index (κ3) is 10.5. The number of esters is 1. The highest BCUT2D eigenvalue weighted by atomic mass is 16.5. The SMILES string of the molecule is O=C(OC1=CCCCCCCCC1)C(C1=CCCCCCCCC1)(C1=CCCCCCCCC1)C(O)Cc1ccccc1. The molecule has 0 radical (unpaired) electrons. The first-order chi connectivity index (χ1) is 21.2. The van der Waals surface area contributed by atoms with E-state index < -0.39 is 11.5 Å². The number of rotatable bonds is 7. The summed E-state index contributed by atoms with van der Waals surface area (Å²) in [5, 5.41) is 12.6. The van der Waals surface area contributed by atoms with Gasteiger partial charge in [-0.25, -0.2) is 0 Å². The zero-order chi connectivity index (χ0) is 30.0. The second-order valence-corrected chi connectivity index (χ2v) is 13.5. The second-order valence-electron chi connectivity index (χ2n) is 13.5. The highest BCUT2D eigenvalue weighted by Gasteiger charge is 2.52. The van der Waals surface area contributed by atoms with Crippen LogP contribution in [0.4, 0.5) is 0 Å². The normalized spacial score (nSPS) is 22.9. The molecule has 0 saturated heterocycles. The standard InChI is InChI=1S/C40H60O3/c41-38(33-34-25-17-16-18-26-34)40(35-27-19-10-4-1-5-11-20-28-35,36-29-21-12-6-2-7-13-22-30-36)39(42)43-37-31-23-14-8-3-9-15-24-32-37/h16-18,25-27,29,31,38,41H,1-15,19-24,28,30,32-33H2. The summed E-state index contributed by atoms with van der Waals surface area (Å²) in [6.45, 7) is 0. The average Bonchev–Trinajstić information content (AvgIpc) is 3.03. The van der Waals surface area contributed by atoms with Gasteiger partial charge in [0.2, 0.25) is 0 Å². The molecule has 238 valence electrons. The summed E-state index contributed by atoms with van der Waals surface area (Å²) in [4.78, 5) is 15.1. The van der Waals surface area contributed by atoms with Gasteiger partial charge in [0.1, 0.15) is 11.2 Å². The molecule has 1 N–H and O–H groups in total. The molecule has 0 aromatic heterocycles. The summed E-state index contributed by atoms with van der Waals surface area (Å²) >= 11 is 0. The lowest BCUT2D eigenvalue weighted by Gasteiger charge is -2.41. The molecule has 0 aliphatic heterocycles. The lowest BCUT2D eigenvalue weighted by atomic mass is 9.64. The van der Waals surface area contributed by atoms with Crippen LogP contribution in [0.15, 0.2) is 65.5 Å². The largest absolute Gasteiger partial charge is 0.430 e. The first-order valence-electron chi connectivity index (χ1n) is 18.2. The van der Waals surface area contributed by atoms with Gasteiger partial charge in [-0.3, -0.25) is 4.79 Å². The van der Waals surface area contributed by atoms with Gasteiger partial charge in [-0.1, -0.05) is 131 Å². The lowest BCUT2D eigenvalue weighted by molar-refractivity contribution is -0.153. The van der Waals surface area contributed by atoms with Crippen molar-refractivity contribution in [2.75, 3.05) is 0 Å². The van der Waals surface area contributed by atoms with Gasteiger partial charge in [-0.2, -0.15) is 0 Å². The van der Waals surface area contributed by atoms with Crippen molar-refractivity contribution in [3.8, 4) is 0 Å². The molecule has 0 saturated carbocycles. The van der Waals surface area contributed by atoms with E-state index in [1.807, 2.05) is 18.2 Å². The van der Waals surface area contributed by atoms with Crippen molar-refractivity contribution >= 4 is 5.97 Å². The summed E-state index contributed by atoms with van der Waals surface area (Å²) < 4.78 is 6.59. The molecule has 0 heterocycles. The van der Waals surface area contributed by atoms with Crippen molar-refractivity contribution < 1.29 is 14.6 Å². The Morgan fingerprint density at radius 2 is 1.05 bits per heavy atom. The summed E-state index contributed by atoms with van der Waals surface area (Å²) in [6, 6.07) is 10.3. The van der Waals surface area contributed by atoms with Crippen LogP contribution in [0.2, 0.25) is 0 Å². The van der Waals surface area contributed by atoms with Crippen LogP contribution in [0.3, 0.4) is 0 Å². The molecule has 4 rings (SSSR count). The predicted octanol–water partition coefficient (Wildman–Crippen LogP) is 11.3. The quantitative estimate of drug-likeness (QED) is 0.254. The fourth-order valence-electron chi connectivity index (χ4n) is 7.64. The highest BCUT2D eigenvalue weighted by Crippen LogP contribution is 2.48. The fourth-order valence-corrected chi connectivity index (χ4v) is 7.64. The molecular formula is C40H60O3. The Morgan fingerprint density at radius 1 is 0.605 bits per heavy atom. The lowest BCUT2D eigenvalue weighted by Crippen LogP contribution is -2.48. The first kappa shape index (κ1) is 33.8. The number of hydrogen-bond donors (Lipinski definition) is 1. The van der Waals surface area contributed by atoms with E-state index in [9.17, 15) is 5.11 Å². The maximum absolute atomic E-state index is 15.1. The van der Waals surface area contributed by atoms with Crippen LogP contribution < -0.4 is 0 Å². The van der Waals surface area contributed by atoms with Gasteiger partial charge < -0.3 is 9.84 Å². The Morgan fingerprint density at radius 3 is 1.58 bits per heavy atom. The molecule has 43 heavy (non-hydrogen) atoms. The van der Waals surface area contributed by atoms with E-state index in [0.717, 1.165) is 99.5 Å². The molecule has 1 aromatic carbocycles. The Kier molecular flexibility index (Phi) is 15.1. The zero-order valence-electron chi connectivity index (χ0n) is 27.1. The van der Waals surface area contributed by atoms with E-state index in [2.05, 4.69) is 30.4 Å². The van der Waals surface area contributed by atoms with Crippen molar-refractivity contribution in [2.24, 2.45) is 5.41 Å². The molecule has 1 unspecified atom stereocenters. The van der Waals surface area contributed by atoms with Crippen LogP contribution in [0.25, 0.3) is 0 Å². The summed E-state index contributed by atoms with van der Waals surface area (Å²) in [5.74, 6) is 0.620. The molecule has 1 atom stereocenters. The van der Waals surface area contributed by atoms with Crippen LogP contribution in [0.1, 0.15) is 160 Å². The number of carbonyl (C=O) groups is 1. The van der Waals surface area contributed by atoms with Crippen molar-refractivity contribution in [3.05, 3.63) is 71.0 Å². The zero-order valence-corrected chi connectivity index (χ0v) is 27.1. The molecule has 0 spiro atoms. The Hall–Kier alpha value is -2.13. The monoisotopic (exact) mass is 588 g/mol. The first-order valence-corrected chi connectivity index (χ1v) is 18.2. The Bertz CT molecular complexity index is 999. The van der Waals surface area contributed by atoms with Gasteiger partial charge in [0, 0.05) is 12.8 Å². The Balaban J connectivity index is 1.81. The molecule has 3 aliphatic rings.